The Balaban J connectivity index is 2.38. The van der Waals surface area contributed by atoms with Crippen molar-refractivity contribution in [2.75, 3.05) is 0 Å². The third kappa shape index (κ3) is 1.16. The van der Waals surface area contributed by atoms with Gasteiger partial charge in [0.15, 0.2) is 0 Å². The second-order valence-electron chi connectivity index (χ2n) is 3.13. The molecule has 62 valence electrons. The zero-order valence-corrected chi connectivity index (χ0v) is 7.33. The Morgan fingerprint density at radius 1 is 1.33 bits per heavy atom. The molecule has 0 aliphatic heterocycles. The first-order chi connectivity index (χ1) is 5.75. The quantitative estimate of drug-likeness (QED) is 0.661. The summed E-state index contributed by atoms with van der Waals surface area (Å²) in [7, 11) is 1.99. The molecule has 2 aromatic rings. The van der Waals surface area contributed by atoms with E-state index in [0.29, 0.717) is 0 Å². The van der Waals surface area contributed by atoms with Crippen LogP contribution >= 0.6 is 0 Å². The van der Waals surface area contributed by atoms with Crippen LogP contribution in [-0.2, 0) is 7.05 Å². The fraction of sp³-hybridized carbons (Fsp3) is 0.200. The van der Waals surface area contributed by atoms with Crippen LogP contribution in [0.15, 0.2) is 30.5 Å². The van der Waals surface area contributed by atoms with Gasteiger partial charge in [-0.2, -0.15) is 0 Å². The van der Waals surface area contributed by atoms with E-state index in [-0.39, 0.29) is 0 Å². The zero-order chi connectivity index (χ0) is 8.55. The predicted molar refractivity (Wildman–Crippen MR) is 49.9 cm³/mol. The monoisotopic (exact) mass is 160 g/mol. The molecule has 1 aromatic heterocycles. The first kappa shape index (κ1) is 7.22. The van der Waals surface area contributed by atoms with Gasteiger partial charge in [-0.15, -0.1) is 0 Å². The Labute approximate surface area is 71.8 Å². The number of hydrogen-bond acceptors (Lipinski definition) is 0. The largest absolute Gasteiger partial charge is 0.297 e. The molecule has 2 heteroatoms. The lowest BCUT2D eigenvalue weighted by atomic mass is 10.1. The molecule has 0 radical (unpaired) electrons. The summed E-state index contributed by atoms with van der Waals surface area (Å²) in [6, 6.07) is 8.46. The number of aromatic nitrogens is 2. The molecule has 1 N–H and O–H groups in total. The number of nitrogens with one attached hydrogen (secondary N) is 1. The maximum absolute atomic E-state index is 3.18. The van der Waals surface area contributed by atoms with Crippen molar-refractivity contribution in [3.05, 3.63) is 36.0 Å². The Hall–Kier alpha value is -1.44. The van der Waals surface area contributed by atoms with Gasteiger partial charge < -0.3 is 0 Å². The summed E-state index contributed by atoms with van der Waals surface area (Å²) < 4.78 is 1.94. The molecule has 0 aliphatic carbocycles. The molecular weight excluding hydrogens is 148 g/mol. The van der Waals surface area contributed by atoms with Crippen LogP contribution in [0.5, 0.6) is 0 Å². The molecule has 0 saturated heterocycles. The summed E-state index contributed by atoms with van der Waals surface area (Å²) in [5.41, 5.74) is 3.75. The standard InChI is InChI=1S/C10H12N2/c1-8-4-3-5-9(6-8)10-7-12(2)11-10/h3-7,11H,1-2H3. The van der Waals surface area contributed by atoms with Crippen molar-refractivity contribution in [2.24, 2.45) is 7.05 Å². The summed E-state index contributed by atoms with van der Waals surface area (Å²) in [5.74, 6) is 0. The van der Waals surface area contributed by atoms with Crippen LogP contribution in [0.2, 0.25) is 0 Å². The number of aromatic amines is 1. The van der Waals surface area contributed by atoms with Crippen LogP contribution in [0.3, 0.4) is 0 Å². The van der Waals surface area contributed by atoms with Gasteiger partial charge in [-0.25, -0.2) is 0 Å². The van der Waals surface area contributed by atoms with Crippen molar-refractivity contribution in [1.29, 1.82) is 0 Å². The third-order valence-electron chi connectivity index (χ3n) is 1.95. The highest BCUT2D eigenvalue weighted by Crippen LogP contribution is 2.18. The Morgan fingerprint density at radius 2 is 2.08 bits per heavy atom. The molecule has 2 nitrogen and oxygen atoms in total. The van der Waals surface area contributed by atoms with Crippen LogP contribution in [0, 0.1) is 6.92 Å². The lowest BCUT2D eigenvalue weighted by Crippen LogP contribution is -2.04. The molecule has 0 aliphatic rings. The van der Waals surface area contributed by atoms with Crippen molar-refractivity contribution >= 4 is 0 Å². The molecule has 12 heavy (non-hydrogen) atoms. The molecule has 0 unspecified atom stereocenters. The number of aryl methyl sites for hydroxylation is 2. The van der Waals surface area contributed by atoms with Gasteiger partial charge in [0, 0.05) is 18.8 Å². The van der Waals surface area contributed by atoms with Gasteiger partial charge in [0.2, 0.25) is 0 Å². The smallest absolute Gasteiger partial charge is 0.0792 e. The summed E-state index contributed by atoms with van der Waals surface area (Å²) in [5, 5.41) is 3.18. The van der Waals surface area contributed by atoms with E-state index in [4.69, 9.17) is 0 Å². The van der Waals surface area contributed by atoms with E-state index in [0.717, 1.165) is 0 Å². The van der Waals surface area contributed by atoms with E-state index in [1.807, 2.05) is 11.7 Å². The molecule has 0 fully saturated rings. The maximum atomic E-state index is 3.18. The SMILES string of the molecule is Cc1cccc(-c2cn(C)[nH]2)c1. The van der Waals surface area contributed by atoms with Crippen LogP contribution in [0.25, 0.3) is 11.3 Å². The average Bonchev–Trinajstić information content (AvgIpc) is 1.99. The van der Waals surface area contributed by atoms with E-state index in [1.165, 1.54) is 16.8 Å². The molecule has 0 atom stereocenters. The zero-order valence-electron chi connectivity index (χ0n) is 7.33. The lowest BCUT2D eigenvalue weighted by molar-refractivity contribution is 0.699. The second kappa shape index (κ2) is 2.55. The molecule has 0 spiro atoms. The summed E-state index contributed by atoms with van der Waals surface area (Å²) in [6.07, 6.45) is 2.08. The number of H-pyrrole nitrogens is 1. The fourth-order valence-electron chi connectivity index (χ4n) is 1.33. The van der Waals surface area contributed by atoms with Crippen molar-refractivity contribution in [3.63, 3.8) is 0 Å². The first-order valence-electron chi connectivity index (χ1n) is 4.04. The molecule has 0 amide bonds. The number of nitrogens with zero attached hydrogens (tertiary/aromatic N) is 1. The summed E-state index contributed by atoms with van der Waals surface area (Å²) in [6.45, 7) is 2.10. The first-order valence-corrected chi connectivity index (χ1v) is 4.04. The minimum Gasteiger partial charge on any atom is -0.297 e. The fourth-order valence-corrected chi connectivity index (χ4v) is 1.33. The van der Waals surface area contributed by atoms with E-state index >= 15 is 0 Å². The van der Waals surface area contributed by atoms with Crippen LogP contribution < -0.4 is 0 Å². The van der Waals surface area contributed by atoms with Crippen molar-refractivity contribution in [1.82, 2.24) is 9.78 Å². The minimum atomic E-state index is 1.20. The van der Waals surface area contributed by atoms with Gasteiger partial charge in [-0.3, -0.25) is 9.78 Å². The highest BCUT2D eigenvalue weighted by Gasteiger charge is 2.00. The van der Waals surface area contributed by atoms with Gasteiger partial charge in [-0.05, 0) is 13.0 Å². The van der Waals surface area contributed by atoms with Crippen molar-refractivity contribution in [2.45, 2.75) is 6.92 Å². The van der Waals surface area contributed by atoms with Gasteiger partial charge in [0.25, 0.3) is 0 Å². The molecule has 0 bridgehead atoms. The highest BCUT2D eigenvalue weighted by atomic mass is 15.3. The normalized spacial score (nSPS) is 10.5. The molecule has 1 aromatic carbocycles. The van der Waals surface area contributed by atoms with E-state index < -0.39 is 0 Å². The van der Waals surface area contributed by atoms with Crippen molar-refractivity contribution < 1.29 is 0 Å². The molecule has 2 rings (SSSR count). The molecule has 1 heterocycles. The molecular formula is C10H12N2. The maximum Gasteiger partial charge on any atom is 0.0792 e. The van der Waals surface area contributed by atoms with Crippen LogP contribution in [0.4, 0.5) is 0 Å². The predicted octanol–water partition coefficient (Wildman–Crippen LogP) is 2.33. The average molecular weight is 160 g/mol. The Bertz CT molecular complexity index is 370. The number of benzene rings is 1. The minimum absolute atomic E-state index is 1.20. The van der Waals surface area contributed by atoms with Gasteiger partial charge in [-0.1, -0.05) is 23.8 Å². The van der Waals surface area contributed by atoms with Crippen LogP contribution in [-0.4, -0.2) is 9.78 Å². The van der Waals surface area contributed by atoms with E-state index in [2.05, 4.69) is 42.5 Å². The van der Waals surface area contributed by atoms with Gasteiger partial charge in [0.05, 0.1) is 5.69 Å². The topological polar surface area (TPSA) is 20.7 Å². The number of rotatable bonds is 1. The lowest BCUT2D eigenvalue weighted by Gasteiger charge is -2.11. The highest BCUT2D eigenvalue weighted by molar-refractivity contribution is 5.59. The van der Waals surface area contributed by atoms with Gasteiger partial charge >= 0.3 is 0 Å². The second-order valence-corrected chi connectivity index (χ2v) is 3.13. The van der Waals surface area contributed by atoms with E-state index in [9.17, 15) is 0 Å². The van der Waals surface area contributed by atoms with Crippen LogP contribution in [0.1, 0.15) is 5.56 Å². The van der Waals surface area contributed by atoms with Gasteiger partial charge in [0.1, 0.15) is 0 Å². The Kier molecular flexibility index (Phi) is 1.54. The Morgan fingerprint density at radius 3 is 2.67 bits per heavy atom. The summed E-state index contributed by atoms with van der Waals surface area (Å²) >= 11 is 0. The summed E-state index contributed by atoms with van der Waals surface area (Å²) in [4.78, 5) is 0. The van der Waals surface area contributed by atoms with Crippen molar-refractivity contribution in [3.8, 4) is 11.3 Å². The third-order valence-corrected chi connectivity index (χ3v) is 1.95. The molecule has 0 saturated carbocycles. The van der Waals surface area contributed by atoms with E-state index in [1.54, 1.807) is 0 Å². The number of hydrogen-bond donors (Lipinski definition) is 1.